The minimum Gasteiger partial charge on any atom is -0.392 e. The van der Waals surface area contributed by atoms with Gasteiger partial charge in [-0.2, -0.15) is 0 Å². The Morgan fingerprint density at radius 3 is 2.53 bits per heavy atom. The molecule has 0 aliphatic carbocycles. The monoisotopic (exact) mass is 265 g/mol. The van der Waals surface area contributed by atoms with E-state index in [-0.39, 0.29) is 18.2 Å². The summed E-state index contributed by atoms with van der Waals surface area (Å²) in [7, 11) is 1.65. The fourth-order valence-corrected chi connectivity index (χ4v) is 1.72. The summed E-state index contributed by atoms with van der Waals surface area (Å²) in [5, 5.41) is 12.5. The predicted octanol–water partition coefficient (Wildman–Crippen LogP) is 1.86. The number of ether oxygens (including phenoxy) is 1. The minimum absolute atomic E-state index is 0.0894. The average Bonchev–Trinajstić information content (AvgIpc) is 2.38. The molecule has 0 saturated carbocycles. The molecule has 0 spiro atoms. The standard InChI is InChI=1S/C15H23NO3/c1-11(2)14(17)8-15(18)16-9-12-6-4-5-7-13(12)10-19-3/h4-7,11,14,17H,8-10H2,1-3H3,(H,16,18). The Morgan fingerprint density at radius 2 is 1.95 bits per heavy atom. The maximum atomic E-state index is 11.7. The van der Waals surface area contributed by atoms with Gasteiger partial charge in [0.2, 0.25) is 5.91 Å². The zero-order valence-electron chi connectivity index (χ0n) is 11.8. The average molecular weight is 265 g/mol. The normalized spacial score (nSPS) is 12.5. The second kappa shape index (κ2) is 7.92. The Bertz CT molecular complexity index is 404. The molecule has 0 fully saturated rings. The molecule has 0 heterocycles. The fourth-order valence-electron chi connectivity index (χ4n) is 1.72. The van der Waals surface area contributed by atoms with Crippen molar-refractivity contribution in [1.82, 2.24) is 5.32 Å². The third-order valence-electron chi connectivity index (χ3n) is 3.06. The van der Waals surface area contributed by atoms with E-state index in [4.69, 9.17) is 4.74 Å². The Kier molecular flexibility index (Phi) is 6.53. The van der Waals surface area contributed by atoms with E-state index in [9.17, 15) is 9.90 Å². The van der Waals surface area contributed by atoms with Crippen LogP contribution >= 0.6 is 0 Å². The summed E-state index contributed by atoms with van der Waals surface area (Å²) in [6, 6.07) is 7.83. The van der Waals surface area contributed by atoms with E-state index in [0.29, 0.717) is 13.2 Å². The number of hydrogen-bond donors (Lipinski definition) is 2. The number of aliphatic hydroxyl groups excluding tert-OH is 1. The van der Waals surface area contributed by atoms with Crippen LogP contribution < -0.4 is 5.32 Å². The van der Waals surface area contributed by atoms with Gasteiger partial charge in [-0.05, 0) is 17.0 Å². The molecule has 1 unspecified atom stereocenters. The molecule has 106 valence electrons. The summed E-state index contributed by atoms with van der Waals surface area (Å²) < 4.78 is 5.12. The largest absolute Gasteiger partial charge is 0.392 e. The first-order chi connectivity index (χ1) is 9.04. The van der Waals surface area contributed by atoms with Gasteiger partial charge in [0.25, 0.3) is 0 Å². The zero-order chi connectivity index (χ0) is 14.3. The Labute approximate surface area is 114 Å². The highest BCUT2D eigenvalue weighted by Gasteiger charge is 2.14. The number of rotatable bonds is 7. The topological polar surface area (TPSA) is 58.6 Å². The van der Waals surface area contributed by atoms with E-state index < -0.39 is 6.10 Å². The van der Waals surface area contributed by atoms with Gasteiger partial charge < -0.3 is 15.2 Å². The summed E-state index contributed by atoms with van der Waals surface area (Å²) >= 11 is 0. The van der Waals surface area contributed by atoms with Crippen LogP contribution in [0.2, 0.25) is 0 Å². The van der Waals surface area contributed by atoms with E-state index in [1.165, 1.54) is 0 Å². The third-order valence-corrected chi connectivity index (χ3v) is 3.06. The lowest BCUT2D eigenvalue weighted by Crippen LogP contribution is -2.29. The predicted molar refractivity (Wildman–Crippen MR) is 74.5 cm³/mol. The number of carbonyl (C=O) groups excluding carboxylic acids is 1. The smallest absolute Gasteiger partial charge is 0.222 e. The molecule has 4 heteroatoms. The van der Waals surface area contributed by atoms with Crippen molar-refractivity contribution in [2.75, 3.05) is 7.11 Å². The molecular formula is C15H23NO3. The summed E-state index contributed by atoms with van der Waals surface area (Å²) in [5.41, 5.74) is 2.10. The van der Waals surface area contributed by atoms with Crippen molar-refractivity contribution in [3.8, 4) is 0 Å². The molecule has 0 saturated heterocycles. The first-order valence-electron chi connectivity index (χ1n) is 6.55. The number of carbonyl (C=O) groups is 1. The van der Waals surface area contributed by atoms with Crippen molar-refractivity contribution in [2.24, 2.45) is 5.92 Å². The lowest BCUT2D eigenvalue weighted by Gasteiger charge is -2.15. The van der Waals surface area contributed by atoms with Gasteiger partial charge in [-0.3, -0.25) is 4.79 Å². The van der Waals surface area contributed by atoms with Crippen LogP contribution in [0.15, 0.2) is 24.3 Å². The van der Waals surface area contributed by atoms with Gasteiger partial charge in [-0.25, -0.2) is 0 Å². The lowest BCUT2D eigenvalue weighted by atomic mass is 10.0. The van der Waals surface area contributed by atoms with Crippen molar-refractivity contribution in [3.63, 3.8) is 0 Å². The number of methoxy groups -OCH3 is 1. The van der Waals surface area contributed by atoms with Crippen LogP contribution in [0.3, 0.4) is 0 Å². The van der Waals surface area contributed by atoms with E-state index in [1.807, 2.05) is 38.1 Å². The van der Waals surface area contributed by atoms with Crippen LogP contribution in [0.25, 0.3) is 0 Å². The summed E-state index contributed by atoms with van der Waals surface area (Å²) in [5.74, 6) is -0.0417. The van der Waals surface area contributed by atoms with E-state index >= 15 is 0 Å². The number of hydrogen-bond acceptors (Lipinski definition) is 3. The fraction of sp³-hybridized carbons (Fsp3) is 0.533. The Balaban J connectivity index is 2.50. The van der Waals surface area contributed by atoms with E-state index in [1.54, 1.807) is 7.11 Å². The molecule has 0 bridgehead atoms. The van der Waals surface area contributed by atoms with Gasteiger partial charge in [0, 0.05) is 13.7 Å². The lowest BCUT2D eigenvalue weighted by molar-refractivity contribution is -0.123. The van der Waals surface area contributed by atoms with Crippen LogP contribution in [-0.4, -0.2) is 24.2 Å². The van der Waals surface area contributed by atoms with Crippen LogP contribution in [-0.2, 0) is 22.7 Å². The first kappa shape index (κ1) is 15.7. The zero-order valence-corrected chi connectivity index (χ0v) is 11.8. The second-order valence-corrected chi connectivity index (χ2v) is 4.99. The Morgan fingerprint density at radius 1 is 1.32 bits per heavy atom. The summed E-state index contributed by atoms with van der Waals surface area (Å²) in [6.45, 7) is 4.78. The molecule has 19 heavy (non-hydrogen) atoms. The molecule has 1 rings (SSSR count). The van der Waals surface area contributed by atoms with Gasteiger partial charge in [-0.15, -0.1) is 0 Å². The van der Waals surface area contributed by atoms with Gasteiger partial charge in [-0.1, -0.05) is 38.1 Å². The minimum atomic E-state index is -0.589. The summed E-state index contributed by atoms with van der Waals surface area (Å²) in [4.78, 5) is 11.7. The van der Waals surface area contributed by atoms with Crippen molar-refractivity contribution < 1.29 is 14.6 Å². The van der Waals surface area contributed by atoms with Crippen LogP contribution in [0.5, 0.6) is 0 Å². The molecule has 0 aliphatic rings. The SMILES string of the molecule is COCc1ccccc1CNC(=O)CC(O)C(C)C. The number of benzene rings is 1. The van der Waals surface area contributed by atoms with E-state index in [2.05, 4.69) is 5.32 Å². The highest BCUT2D eigenvalue weighted by molar-refractivity contribution is 5.76. The maximum absolute atomic E-state index is 11.7. The van der Waals surface area contributed by atoms with Crippen LogP contribution in [0.4, 0.5) is 0 Å². The number of aliphatic hydroxyl groups is 1. The molecule has 0 radical (unpaired) electrons. The first-order valence-corrected chi connectivity index (χ1v) is 6.55. The highest BCUT2D eigenvalue weighted by Crippen LogP contribution is 2.10. The maximum Gasteiger partial charge on any atom is 0.222 e. The molecule has 0 aliphatic heterocycles. The molecule has 2 N–H and O–H groups in total. The van der Waals surface area contributed by atoms with Gasteiger partial charge in [0.05, 0.1) is 19.1 Å². The molecule has 1 atom stereocenters. The molecular weight excluding hydrogens is 242 g/mol. The number of nitrogens with one attached hydrogen (secondary N) is 1. The highest BCUT2D eigenvalue weighted by atomic mass is 16.5. The molecule has 1 aromatic carbocycles. The van der Waals surface area contributed by atoms with Gasteiger partial charge >= 0.3 is 0 Å². The molecule has 1 aromatic rings. The second-order valence-electron chi connectivity index (χ2n) is 4.99. The number of amides is 1. The van der Waals surface area contributed by atoms with Gasteiger partial charge in [0.15, 0.2) is 0 Å². The van der Waals surface area contributed by atoms with Crippen molar-refractivity contribution in [3.05, 3.63) is 35.4 Å². The molecule has 1 amide bonds. The van der Waals surface area contributed by atoms with Crippen molar-refractivity contribution in [1.29, 1.82) is 0 Å². The van der Waals surface area contributed by atoms with Gasteiger partial charge in [0.1, 0.15) is 0 Å². The van der Waals surface area contributed by atoms with E-state index in [0.717, 1.165) is 11.1 Å². The molecule has 0 aromatic heterocycles. The van der Waals surface area contributed by atoms with Crippen LogP contribution in [0, 0.1) is 5.92 Å². The third kappa shape index (κ3) is 5.41. The quantitative estimate of drug-likeness (QED) is 0.791. The molecule has 4 nitrogen and oxygen atoms in total. The summed E-state index contributed by atoms with van der Waals surface area (Å²) in [6.07, 6.45) is -0.446. The Hall–Kier alpha value is -1.39. The van der Waals surface area contributed by atoms with Crippen LogP contribution in [0.1, 0.15) is 31.4 Å². The van der Waals surface area contributed by atoms with Crippen molar-refractivity contribution >= 4 is 5.91 Å². The van der Waals surface area contributed by atoms with Crippen molar-refractivity contribution in [2.45, 2.75) is 39.5 Å².